The highest BCUT2D eigenvalue weighted by Crippen LogP contribution is 2.35. The fourth-order valence-electron chi connectivity index (χ4n) is 2.53. The van der Waals surface area contributed by atoms with E-state index in [9.17, 15) is 13.6 Å². The number of halogens is 2. The molecule has 0 spiro atoms. The number of methoxy groups -OCH3 is 1. The van der Waals surface area contributed by atoms with Crippen LogP contribution in [0.15, 0.2) is 36.0 Å². The van der Waals surface area contributed by atoms with Gasteiger partial charge >= 0.3 is 0 Å². The molecule has 6 nitrogen and oxygen atoms in total. The van der Waals surface area contributed by atoms with Gasteiger partial charge in [0.15, 0.2) is 11.6 Å². The Kier molecular flexibility index (Phi) is 6.23. The normalized spacial score (nSPS) is 11.7. The van der Waals surface area contributed by atoms with E-state index in [0.29, 0.717) is 6.54 Å². The zero-order chi connectivity index (χ0) is 20.1. The predicted octanol–water partition coefficient (Wildman–Crippen LogP) is 2.33. The fraction of sp³-hybridized carbons (Fsp3) is 0.211. The molecule has 0 bridgehead atoms. The Morgan fingerprint density at radius 2 is 1.85 bits per heavy atom. The monoisotopic (exact) mass is 376 g/mol. The molecule has 2 rings (SSSR count). The van der Waals surface area contributed by atoms with Crippen molar-refractivity contribution in [3.63, 3.8) is 0 Å². The van der Waals surface area contributed by atoms with E-state index in [1.165, 1.54) is 13.2 Å². The quantitative estimate of drug-likeness (QED) is 0.456. The molecule has 8 heteroatoms. The van der Waals surface area contributed by atoms with Gasteiger partial charge in [0, 0.05) is 35.0 Å². The summed E-state index contributed by atoms with van der Waals surface area (Å²) in [5, 5.41) is 2.61. The number of hydrogen-bond acceptors (Lipinski definition) is 5. The van der Waals surface area contributed by atoms with Crippen LogP contribution >= 0.6 is 0 Å². The molecule has 7 N–H and O–H groups in total. The summed E-state index contributed by atoms with van der Waals surface area (Å²) >= 11 is 0. The first-order valence-corrected chi connectivity index (χ1v) is 8.27. The smallest absolute Gasteiger partial charge is 0.269 e. The highest BCUT2D eigenvalue weighted by Gasteiger charge is 2.18. The zero-order valence-corrected chi connectivity index (χ0v) is 15.1. The van der Waals surface area contributed by atoms with E-state index in [2.05, 4.69) is 5.32 Å². The first-order valence-electron chi connectivity index (χ1n) is 8.27. The summed E-state index contributed by atoms with van der Waals surface area (Å²) in [5.41, 5.74) is 18.2. The van der Waals surface area contributed by atoms with Gasteiger partial charge in [0.25, 0.3) is 5.91 Å². The number of ether oxygens (including phenoxy) is 1. The van der Waals surface area contributed by atoms with Crippen LogP contribution in [0.2, 0.25) is 0 Å². The van der Waals surface area contributed by atoms with Crippen LogP contribution in [0.4, 0.5) is 14.5 Å². The highest BCUT2D eigenvalue weighted by molar-refractivity contribution is 6.01. The summed E-state index contributed by atoms with van der Waals surface area (Å²) in [5.74, 6) is -2.20. The second kappa shape index (κ2) is 8.39. The molecule has 27 heavy (non-hydrogen) atoms. The standard InChI is InChI=1S/C19H22F2N4O2/c1-3-7-25-19(26)18(24)17(23)11-6-4-5-10(16(11)22)12-8-14(21)15(27-2)9-13(12)20/h4-6,8-9H,3,7,22-24H2,1-2H3,(H,25,26)/b18-17+. The maximum atomic E-state index is 14.4. The number of nitrogen functional groups attached to an aromatic ring is 1. The van der Waals surface area contributed by atoms with Gasteiger partial charge < -0.3 is 27.3 Å². The Labute approximate surface area is 156 Å². The van der Waals surface area contributed by atoms with E-state index in [4.69, 9.17) is 21.9 Å². The number of benzene rings is 2. The Bertz CT molecular complexity index is 898. The van der Waals surface area contributed by atoms with Gasteiger partial charge in [0.2, 0.25) is 0 Å². The van der Waals surface area contributed by atoms with Gasteiger partial charge in [-0.3, -0.25) is 4.79 Å². The van der Waals surface area contributed by atoms with Gasteiger partial charge in [-0.25, -0.2) is 8.78 Å². The largest absolute Gasteiger partial charge is 0.494 e. The lowest BCUT2D eigenvalue weighted by Crippen LogP contribution is -2.31. The second-order valence-electron chi connectivity index (χ2n) is 5.82. The van der Waals surface area contributed by atoms with E-state index in [-0.39, 0.29) is 39.5 Å². The molecule has 0 radical (unpaired) electrons. The van der Waals surface area contributed by atoms with Crippen LogP contribution in [0.5, 0.6) is 5.75 Å². The van der Waals surface area contributed by atoms with Crippen molar-refractivity contribution >= 4 is 17.3 Å². The number of anilines is 1. The second-order valence-corrected chi connectivity index (χ2v) is 5.82. The van der Waals surface area contributed by atoms with Crippen molar-refractivity contribution < 1.29 is 18.3 Å². The molecule has 144 valence electrons. The van der Waals surface area contributed by atoms with Crippen molar-refractivity contribution in [2.75, 3.05) is 19.4 Å². The SMILES string of the molecule is CCCNC(=O)/C(N)=C(\N)c1cccc(-c2cc(F)c(OC)cc2F)c1N. The lowest BCUT2D eigenvalue weighted by molar-refractivity contribution is -0.117. The summed E-state index contributed by atoms with van der Waals surface area (Å²) in [6.07, 6.45) is 0.735. The summed E-state index contributed by atoms with van der Waals surface area (Å²) in [4.78, 5) is 12.0. The minimum Gasteiger partial charge on any atom is -0.494 e. The van der Waals surface area contributed by atoms with Crippen molar-refractivity contribution in [2.24, 2.45) is 11.5 Å². The third-order valence-corrected chi connectivity index (χ3v) is 4.00. The van der Waals surface area contributed by atoms with E-state index in [1.807, 2.05) is 6.92 Å². The molecule has 0 unspecified atom stereocenters. The summed E-state index contributed by atoms with van der Waals surface area (Å²) < 4.78 is 33.2. The van der Waals surface area contributed by atoms with E-state index in [1.54, 1.807) is 12.1 Å². The predicted molar refractivity (Wildman–Crippen MR) is 101 cm³/mol. The molecule has 1 amide bonds. The molecule has 0 aromatic heterocycles. The van der Waals surface area contributed by atoms with Crippen LogP contribution in [-0.4, -0.2) is 19.6 Å². The number of carbonyl (C=O) groups excluding carboxylic acids is 1. The number of nitrogens with one attached hydrogen (secondary N) is 1. The van der Waals surface area contributed by atoms with Crippen molar-refractivity contribution in [1.29, 1.82) is 0 Å². The van der Waals surface area contributed by atoms with Crippen molar-refractivity contribution in [3.05, 3.63) is 53.2 Å². The van der Waals surface area contributed by atoms with Gasteiger partial charge in [0.1, 0.15) is 11.5 Å². The molecule has 0 heterocycles. The van der Waals surface area contributed by atoms with Gasteiger partial charge in [0.05, 0.1) is 12.8 Å². The molecule has 0 fully saturated rings. The first-order chi connectivity index (χ1) is 12.8. The summed E-state index contributed by atoms with van der Waals surface area (Å²) in [6, 6.07) is 6.55. The van der Waals surface area contributed by atoms with Crippen LogP contribution < -0.4 is 27.3 Å². The molecular formula is C19H22F2N4O2. The number of amides is 1. The summed E-state index contributed by atoms with van der Waals surface area (Å²) in [7, 11) is 1.24. The molecule has 0 aliphatic rings. The van der Waals surface area contributed by atoms with Crippen LogP contribution in [0, 0.1) is 11.6 Å². The van der Waals surface area contributed by atoms with Crippen molar-refractivity contribution in [1.82, 2.24) is 5.32 Å². The maximum Gasteiger partial charge on any atom is 0.269 e. The average molecular weight is 376 g/mol. The minimum atomic E-state index is -0.735. The first kappa shape index (κ1) is 20.0. The molecule has 2 aromatic rings. The van der Waals surface area contributed by atoms with Crippen molar-refractivity contribution in [3.8, 4) is 16.9 Å². The molecule has 0 aliphatic heterocycles. The van der Waals surface area contributed by atoms with Gasteiger partial charge in [-0.2, -0.15) is 0 Å². The number of nitrogens with two attached hydrogens (primary N) is 3. The Balaban J connectivity index is 2.54. The Hall–Kier alpha value is -3.29. The highest BCUT2D eigenvalue weighted by atomic mass is 19.1. The van der Waals surface area contributed by atoms with E-state index < -0.39 is 17.5 Å². The molecule has 0 saturated heterocycles. The molecule has 0 aliphatic carbocycles. The van der Waals surface area contributed by atoms with Gasteiger partial charge in [-0.15, -0.1) is 0 Å². The van der Waals surface area contributed by atoms with Gasteiger partial charge in [-0.05, 0) is 12.5 Å². The number of rotatable bonds is 6. The van der Waals surface area contributed by atoms with Gasteiger partial charge in [-0.1, -0.05) is 25.1 Å². The number of hydrogen-bond donors (Lipinski definition) is 4. The minimum absolute atomic E-state index is 0.0441. The third-order valence-electron chi connectivity index (χ3n) is 4.00. The van der Waals surface area contributed by atoms with Crippen LogP contribution in [0.25, 0.3) is 16.8 Å². The Morgan fingerprint density at radius 1 is 1.15 bits per heavy atom. The molecule has 0 saturated carbocycles. The van der Waals surface area contributed by atoms with E-state index in [0.717, 1.165) is 18.6 Å². The van der Waals surface area contributed by atoms with Crippen LogP contribution in [0.3, 0.4) is 0 Å². The summed E-state index contributed by atoms with van der Waals surface area (Å²) in [6.45, 7) is 2.34. The maximum absolute atomic E-state index is 14.4. The lowest BCUT2D eigenvalue weighted by Gasteiger charge is -2.15. The topological polar surface area (TPSA) is 116 Å². The fourth-order valence-corrected chi connectivity index (χ4v) is 2.53. The molecule has 2 aromatic carbocycles. The van der Waals surface area contributed by atoms with Crippen LogP contribution in [-0.2, 0) is 4.79 Å². The van der Waals surface area contributed by atoms with Crippen LogP contribution in [0.1, 0.15) is 18.9 Å². The number of carbonyl (C=O) groups is 1. The number of para-hydroxylation sites is 1. The van der Waals surface area contributed by atoms with Crippen molar-refractivity contribution in [2.45, 2.75) is 13.3 Å². The lowest BCUT2D eigenvalue weighted by atomic mass is 9.97. The zero-order valence-electron chi connectivity index (χ0n) is 15.1. The molecule has 0 atom stereocenters. The Morgan fingerprint density at radius 3 is 2.48 bits per heavy atom. The van der Waals surface area contributed by atoms with E-state index >= 15 is 0 Å². The third kappa shape index (κ3) is 4.11. The average Bonchev–Trinajstić information content (AvgIpc) is 2.66. The molecular weight excluding hydrogens is 354 g/mol.